The van der Waals surface area contributed by atoms with E-state index in [0.717, 1.165) is 49.7 Å². The molecule has 6 heteroatoms. The number of rotatable bonds is 4. The van der Waals surface area contributed by atoms with Gasteiger partial charge in [-0.3, -0.25) is 15.0 Å². The van der Waals surface area contributed by atoms with Gasteiger partial charge in [-0.2, -0.15) is 0 Å². The third-order valence-electron chi connectivity index (χ3n) is 5.23. The Kier molecular flexibility index (Phi) is 5.76. The third-order valence-corrected chi connectivity index (χ3v) is 5.48. The molecule has 24 heavy (non-hydrogen) atoms. The van der Waals surface area contributed by atoms with Crippen LogP contribution in [0.5, 0.6) is 0 Å². The molecule has 2 fully saturated rings. The van der Waals surface area contributed by atoms with Gasteiger partial charge in [0.25, 0.3) is 0 Å². The SMILES string of the molecule is CCN1CCN(C2NC(=O)C(Cc3ccc(Cl)cc3)C(C)N2)CC1. The van der Waals surface area contributed by atoms with Crippen LogP contribution in [0.4, 0.5) is 0 Å². The van der Waals surface area contributed by atoms with Crippen LogP contribution in [0.1, 0.15) is 19.4 Å². The molecule has 0 spiro atoms. The van der Waals surface area contributed by atoms with Gasteiger partial charge in [-0.1, -0.05) is 30.7 Å². The number of benzene rings is 1. The molecule has 0 bridgehead atoms. The molecule has 3 atom stereocenters. The number of amides is 1. The zero-order valence-corrected chi connectivity index (χ0v) is 15.2. The highest BCUT2D eigenvalue weighted by molar-refractivity contribution is 6.30. The van der Waals surface area contributed by atoms with Crippen LogP contribution >= 0.6 is 11.6 Å². The molecule has 132 valence electrons. The molecule has 2 N–H and O–H groups in total. The van der Waals surface area contributed by atoms with E-state index in [2.05, 4.69) is 34.3 Å². The molecule has 0 saturated carbocycles. The smallest absolute Gasteiger partial charge is 0.227 e. The monoisotopic (exact) mass is 350 g/mol. The predicted octanol–water partition coefficient (Wildman–Crippen LogP) is 1.53. The van der Waals surface area contributed by atoms with E-state index in [4.69, 9.17) is 11.6 Å². The number of halogens is 1. The van der Waals surface area contributed by atoms with E-state index in [9.17, 15) is 4.79 Å². The molecule has 2 saturated heterocycles. The second kappa shape index (κ2) is 7.83. The molecule has 2 aliphatic rings. The van der Waals surface area contributed by atoms with E-state index < -0.39 is 0 Å². The minimum absolute atomic E-state index is 0.0482. The minimum atomic E-state index is -0.0562. The first-order valence-electron chi connectivity index (χ1n) is 8.84. The number of carbonyl (C=O) groups excluding carboxylic acids is 1. The molecule has 1 aromatic carbocycles. The fraction of sp³-hybridized carbons (Fsp3) is 0.611. The van der Waals surface area contributed by atoms with E-state index in [0.29, 0.717) is 0 Å². The number of likely N-dealkylation sites (N-methyl/N-ethyl adjacent to an activating group) is 1. The summed E-state index contributed by atoms with van der Waals surface area (Å²) in [7, 11) is 0. The second-order valence-electron chi connectivity index (χ2n) is 6.77. The van der Waals surface area contributed by atoms with Crippen molar-refractivity contribution < 1.29 is 4.79 Å². The lowest BCUT2D eigenvalue weighted by atomic mass is 9.90. The molecular formula is C18H27ClN4O. The Balaban J connectivity index is 1.58. The van der Waals surface area contributed by atoms with Crippen LogP contribution in [-0.4, -0.2) is 60.8 Å². The van der Waals surface area contributed by atoms with E-state index in [1.807, 2.05) is 24.3 Å². The Morgan fingerprint density at radius 1 is 1.17 bits per heavy atom. The maximum absolute atomic E-state index is 12.6. The summed E-state index contributed by atoms with van der Waals surface area (Å²) >= 11 is 5.94. The van der Waals surface area contributed by atoms with Gasteiger partial charge in [0.05, 0.1) is 5.92 Å². The third kappa shape index (κ3) is 4.09. The van der Waals surface area contributed by atoms with E-state index >= 15 is 0 Å². The van der Waals surface area contributed by atoms with Crippen molar-refractivity contribution >= 4 is 17.5 Å². The van der Waals surface area contributed by atoms with Crippen molar-refractivity contribution in [3.8, 4) is 0 Å². The molecule has 0 aromatic heterocycles. The summed E-state index contributed by atoms with van der Waals surface area (Å²) in [4.78, 5) is 17.4. The molecule has 0 aliphatic carbocycles. The Labute approximate surface area is 149 Å². The number of hydrogen-bond acceptors (Lipinski definition) is 4. The van der Waals surface area contributed by atoms with Crippen molar-refractivity contribution in [1.82, 2.24) is 20.4 Å². The highest BCUT2D eigenvalue weighted by Crippen LogP contribution is 2.19. The zero-order valence-electron chi connectivity index (χ0n) is 14.5. The lowest BCUT2D eigenvalue weighted by Crippen LogP contribution is -2.69. The highest BCUT2D eigenvalue weighted by atomic mass is 35.5. The molecule has 1 aromatic rings. The molecule has 5 nitrogen and oxygen atoms in total. The second-order valence-corrected chi connectivity index (χ2v) is 7.21. The lowest BCUT2D eigenvalue weighted by Gasteiger charge is -2.44. The Morgan fingerprint density at radius 3 is 2.42 bits per heavy atom. The highest BCUT2D eigenvalue weighted by Gasteiger charge is 2.36. The first-order valence-corrected chi connectivity index (χ1v) is 9.22. The van der Waals surface area contributed by atoms with Gasteiger partial charge in [-0.25, -0.2) is 0 Å². The van der Waals surface area contributed by atoms with Gasteiger partial charge in [0.1, 0.15) is 6.29 Å². The summed E-state index contributed by atoms with van der Waals surface area (Å²) in [5.41, 5.74) is 1.14. The van der Waals surface area contributed by atoms with E-state index in [1.165, 1.54) is 0 Å². The van der Waals surface area contributed by atoms with Crippen LogP contribution in [0.15, 0.2) is 24.3 Å². The van der Waals surface area contributed by atoms with Gasteiger partial charge in [0.15, 0.2) is 0 Å². The average Bonchev–Trinajstić information content (AvgIpc) is 2.59. The largest absolute Gasteiger partial charge is 0.328 e. The van der Waals surface area contributed by atoms with Crippen molar-refractivity contribution in [2.75, 3.05) is 32.7 Å². The molecule has 2 heterocycles. The van der Waals surface area contributed by atoms with Crippen LogP contribution in [0.25, 0.3) is 0 Å². The Morgan fingerprint density at radius 2 is 1.83 bits per heavy atom. The van der Waals surface area contributed by atoms with Gasteiger partial charge in [-0.05, 0) is 37.6 Å². The molecule has 2 aliphatic heterocycles. The van der Waals surface area contributed by atoms with Crippen LogP contribution < -0.4 is 10.6 Å². The zero-order chi connectivity index (χ0) is 17.1. The summed E-state index contributed by atoms with van der Waals surface area (Å²) in [5, 5.41) is 7.47. The Bertz CT molecular complexity index is 557. The standard InChI is InChI=1S/C18H27ClN4O/c1-3-22-8-10-23(11-9-22)18-20-13(2)16(17(24)21-18)12-14-4-6-15(19)7-5-14/h4-7,13,16,18,20H,3,8-12H2,1-2H3,(H,21,24). The van der Waals surface area contributed by atoms with Gasteiger partial charge >= 0.3 is 0 Å². The van der Waals surface area contributed by atoms with Gasteiger partial charge in [0, 0.05) is 37.2 Å². The first kappa shape index (κ1) is 17.7. The number of piperazine rings is 1. The van der Waals surface area contributed by atoms with Gasteiger partial charge in [-0.15, -0.1) is 0 Å². The van der Waals surface area contributed by atoms with Crippen molar-refractivity contribution in [1.29, 1.82) is 0 Å². The van der Waals surface area contributed by atoms with Crippen LogP contribution in [-0.2, 0) is 11.2 Å². The van der Waals surface area contributed by atoms with Crippen LogP contribution in [0.2, 0.25) is 5.02 Å². The van der Waals surface area contributed by atoms with Crippen molar-refractivity contribution in [3.05, 3.63) is 34.9 Å². The van der Waals surface area contributed by atoms with Crippen LogP contribution in [0, 0.1) is 5.92 Å². The Hall–Kier alpha value is -1.14. The summed E-state index contributed by atoms with van der Waals surface area (Å²) in [6, 6.07) is 7.90. The van der Waals surface area contributed by atoms with E-state index in [-0.39, 0.29) is 24.2 Å². The van der Waals surface area contributed by atoms with Gasteiger partial charge in [0.2, 0.25) is 5.91 Å². The number of nitrogens with zero attached hydrogens (tertiary/aromatic N) is 2. The van der Waals surface area contributed by atoms with E-state index in [1.54, 1.807) is 0 Å². The van der Waals surface area contributed by atoms with Crippen molar-refractivity contribution in [2.24, 2.45) is 5.92 Å². The fourth-order valence-electron chi connectivity index (χ4n) is 3.55. The topological polar surface area (TPSA) is 47.6 Å². The maximum atomic E-state index is 12.6. The summed E-state index contributed by atoms with van der Waals surface area (Å²) in [6.07, 6.45) is 0.681. The summed E-state index contributed by atoms with van der Waals surface area (Å²) in [6.45, 7) is 9.49. The molecule has 3 unspecified atom stereocenters. The number of nitrogens with one attached hydrogen (secondary N) is 2. The normalized spacial score (nSPS) is 29.5. The van der Waals surface area contributed by atoms with Crippen molar-refractivity contribution in [3.63, 3.8) is 0 Å². The fourth-order valence-corrected chi connectivity index (χ4v) is 3.68. The molecule has 0 radical (unpaired) electrons. The molecule has 3 rings (SSSR count). The first-order chi connectivity index (χ1) is 11.6. The summed E-state index contributed by atoms with van der Waals surface area (Å²) < 4.78 is 0. The van der Waals surface area contributed by atoms with Gasteiger partial charge < -0.3 is 10.2 Å². The minimum Gasteiger partial charge on any atom is -0.328 e. The molecular weight excluding hydrogens is 324 g/mol. The maximum Gasteiger partial charge on any atom is 0.227 e. The lowest BCUT2D eigenvalue weighted by molar-refractivity contribution is -0.132. The van der Waals surface area contributed by atoms with Crippen molar-refractivity contribution in [2.45, 2.75) is 32.6 Å². The van der Waals surface area contributed by atoms with Crippen LogP contribution in [0.3, 0.4) is 0 Å². The average molecular weight is 351 g/mol. The summed E-state index contributed by atoms with van der Waals surface area (Å²) in [5.74, 6) is 0.0819. The number of hydrogen-bond donors (Lipinski definition) is 2. The quantitative estimate of drug-likeness (QED) is 0.864. The molecule has 1 amide bonds. The number of carbonyl (C=O) groups is 1. The predicted molar refractivity (Wildman–Crippen MR) is 96.9 cm³/mol.